The van der Waals surface area contributed by atoms with Crippen molar-refractivity contribution >= 4 is 29.3 Å². The van der Waals surface area contributed by atoms with Gasteiger partial charge in [-0.25, -0.2) is 0 Å². The average Bonchev–Trinajstić information content (AvgIpc) is 2.73. The molecule has 0 spiro atoms. The van der Waals surface area contributed by atoms with Crippen LogP contribution in [0.4, 0.5) is 5.69 Å². The van der Waals surface area contributed by atoms with Gasteiger partial charge in [-0.05, 0) is 37.3 Å². The van der Waals surface area contributed by atoms with Crippen LogP contribution in [-0.4, -0.2) is 35.1 Å². The van der Waals surface area contributed by atoms with E-state index in [2.05, 4.69) is 12.2 Å². The van der Waals surface area contributed by atoms with Crippen LogP contribution in [-0.2, 0) is 9.59 Å². The Hall–Kier alpha value is -1.49. The molecule has 118 valence electrons. The van der Waals surface area contributed by atoms with E-state index in [4.69, 9.17) is 0 Å². The van der Waals surface area contributed by atoms with Crippen LogP contribution >= 0.6 is 11.8 Å². The third kappa shape index (κ3) is 3.46. The molecule has 1 aromatic rings. The average molecular weight is 318 g/mol. The van der Waals surface area contributed by atoms with Gasteiger partial charge in [0.15, 0.2) is 0 Å². The highest BCUT2D eigenvalue weighted by atomic mass is 32.2. The van der Waals surface area contributed by atoms with Gasteiger partial charge < -0.3 is 10.2 Å². The third-order valence-electron chi connectivity index (χ3n) is 4.44. The topological polar surface area (TPSA) is 49.4 Å². The molecule has 0 radical (unpaired) electrons. The van der Waals surface area contributed by atoms with Crippen molar-refractivity contribution in [2.75, 3.05) is 18.4 Å². The predicted molar refractivity (Wildman–Crippen MR) is 88.9 cm³/mol. The number of fused-ring (bicyclic) bond motifs is 1. The van der Waals surface area contributed by atoms with E-state index in [9.17, 15) is 9.59 Å². The van der Waals surface area contributed by atoms with Crippen molar-refractivity contribution in [3.8, 4) is 0 Å². The summed E-state index contributed by atoms with van der Waals surface area (Å²) in [5.74, 6) is 0.749. The second-order valence-electron chi connectivity index (χ2n) is 6.21. The van der Waals surface area contributed by atoms with Crippen molar-refractivity contribution in [3.63, 3.8) is 0 Å². The summed E-state index contributed by atoms with van der Waals surface area (Å²) in [6.45, 7) is 3.91. The molecular weight excluding hydrogens is 296 g/mol. The Kier molecular flexibility index (Phi) is 4.71. The van der Waals surface area contributed by atoms with Crippen molar-refractivity contribution in [1.82, 2.24) is 4.90 Å². The molecule has 2 aliphatic heterocycles. The number of likely N-dealkylation sites (tertiary alicyclic amines) is 1. The van der Waals surface area contributed by atoms with E-state index in [0.717, 1.165) is 36.5 Å². The van der Waals surface area contributed by atoms with Crippen LogP contribution in [0.15, 0.2) is 29.2 Å². The number of hydrogen-bond donors (Lipinski definition) is 1. The van der Waals surface area contributed by atoms with E-state index in [0.29, 0.717) is 12.3 Å². The Morgan fingerprint density at radius 2 is 2.14 bits per heavy atom. The van der Waals surface area contributed by atoms with Crippen molar-refractivity contribution < 1.29 is 9.59 Å². The summed E-state index contributed by atoms with van der Waals surface area (Å²) in [4.78, 5) is 27.7. The van der Waals surface area contributed by atoms with Gasteiger partial charge in [0.2, 0.25) is 11.8 Å². The molecule has 3 rings (SSSR count). The number of benzene rings is 1. The fraction of sp³-hybridized carbons (Fsp3) is 0.529. The maximum Gasteiger partial charge on any atom is 0.238 e. The first-order valence-corrected chi connectivity index (χ1v) is 8.86. The van der Waals surface area contributed by atoms with Crippen molar-refractivity contribution in [2.24, 2.45) is 5.92 Å². The number of carbonyl (C=O) groups excluding carboxylic acids is 2. The quantitative estimate of drug-likeness (QED) is 0.911. The number of para-hydroxylation sites is 1. The summed E-state index contributed by atoms with van der Waals surface area (Å²) >= 11 is 1.50. The monoisotopic (exact) mass is 318 g/mol. The van der Waals surface area contributed by atoms with Crippen LogP contribution in [0, 0.1) is 5.92 Å². The Balaban J connectivity index is 1.63. The summed E-state index contributed by atoms with van der Waals surface area (Å²) in [6.07, 6.45) is 3.62. The Morgan fingerprint density at radius 1 is 1.32 bits per heavy atom. The maximum absolute atomic E-state index is 12.5. The Morgan fingerprint density at radius 3 is 3.00 bits per heavy atom. The van der Waals surface area contributed by atoms with E-state index in [1.54, 1.807) is 0 Å². The molecule has 2 amide bonds. The highest BCUT2D eigenvalue weighted by molar-refractivity contribution is 8.01. The second-order valence-corrected chi connectivity index (χ2v) is 7.46. The number of nitrogens with one attached hydrogen (secondary N) is 1. The summed E-state index contributed by atoms with van der Waals surface area (Å²) in [5, 5.41) is 2.59. The van der Waals surface area contributed by atoms with Crippen LogP contribution in [0.25, 0.3) is 0 Å². The van der Waals surface area contributed by atoms with Crippen LogP contribution < -0.4 is 5.32 Å². The summed E-state index contributed by atoms with van der Waals surface area (Å²) in [7, 11) is 0. The molecule has 2 atom stereocenters. The third-order valence-corrected chi connectivity index (χ3v) is 5.71. The lowest BCUT2D eigenvalue weighted by molar-refractivity contribution is -0.132. The summed E-state index contributed by atoms with van der Waals surface area (Å²) in [6, 6.07) is 7.75. The number of hydrogen-bond acceptors (Lipinski definition) is 3. The minimum absolute atomic E-state index is 0.0553. The molecule has 2 heterocycles. The smallest absolute Gasteiger partial charge is 0.238 e. The predicted octanol–water partition coefficient (Wildman–Crippen LogP) is 3.14. The first kappa shape index (κ1) is 15.4. The number of thioether (sulfide) groups is 1. The fourth-order valence-corrected chi connectivity index (χ4v) is 4.13. The lowest BCUT2D eigenvalue weighted by Crippen LogP contribution is -2.38. The summed E-state index contributed by atoms with van der Waals surface area (Å²) < 4.78 is 0. The van der Waals surface area contributed by atoms with E-state index in [-0.39, 0.29) is 17.1 Å². The molecule has 0 saturated carbocycles. The van der Waals surface area contributed by atoms with Crippen LogP contribution in [0.1, 0.15) is 32.6 Å². The molecule has 0 bridgehead atoms. The fourth-order valence-electron chi connectivity index (χ4n) is 3.03. The number of anilines is 1. The first-order chi connectivity index (χ1) is 10.6. The lowest BCUT2D eigenvalue weighted by atomic mass is 10.0. The van der Waals surface area contributed by atoms with E-state index >= 15 is 0 Å². The van der Waals surface area contributed by atoms with E-state index < -0.39 is 0 Å². The molecule has 0 aromatic heterocycles. The van der Waals surface area contributed by atoms with Gasteiger partial charge in [-0.3, -0.25) is 9.59 Å². The lowest BCUT2D eigenvalue weighted by Gasteiger charge is -2.26. The molecule has 22 heavy (non-hydrogen) atoms. The number of carbonyl (C=O) groups is 2. The van der Waals surface area contributed by atoms with Crippen molar-refractivity contribution in [3.05, 3.63) is 24.3 Å². The van der Waals surface area contributed by atoms with E-state index in [1.807, 2.05) is 29.2 Å². The van der Waals surface area contributed by atoms with Gasteiger partial charge >= 0.3 is 0 Å². The number of nitrogens with zero attached hydrogens (tertiary/aromatic N) is 1. The number of rotatable bonds is 2. The molecule has 0 unspecified atom stereocenters. The minimum atomic E-state index is -0.317. The zero-order valence-corrected chi connectivity index (χ0v) is 13.7. The summed E-state index contributed by atoms with van der Waals surface area (Å²) in [5.41, 5.74) is 0.852. The standard InChI is InChI=1S/C17H22N2O2S/c1-12-5-4-9-19(10-8-12)16(20)11-15-17(21)18-13-6-2-3-7-14(13)22-15/h2-3,6-7,12,15H,4-5,8-11H2,1H3,(H,18,21)/t12-,15+/m0/s1. The molecular formula is C17H22N2O2S. The normalized spacial score (nSPS) is 25.1. The highest BCUT2D eigenvalue weighted by Crippen LogP contribution is 2.36. The van der Waals surface area contributed by atoms with E-state index in [1.165, 1.54) is 18.2 Å². The minimum Gasteiger partial charge on any atom is -0.343 e. The SMILES string of the molecule is C[C@H]1CCCN(C(=O)C[C@H]2Sc3ccccc3NC2=O)CC1. The van der Waals surface area contributed by atoms with Crippen LogP contribution in [0.5, 0.6) is 0 Å². The molecule has 1 aromatic carbocycles. The molecule has 4 nitrogen and oxygen atoms in total. The highest BCUT2D eigenvalue weighted by Gasteiger charge is 2.30. The van der Waals surface area contributed by atoms with Crippen molar-refractivity contribution in [2.45, 2.75) is 42.8 Å². The molecule has 5 heteroatoms. The Labute approximate surface area is 135 Å². The van der Waals surface area contributed by atoms with Gasteiger partial charge in [0.25, 0.3) is 0 Å². The zero-order chi connectivity index (χ0) is 15.5. The zero-order valence-electron chi connectivity index (χ0n) is 12.9. The van der Waals surface area contributed by atoms with Crippen LogP contribution in [0.3, 0.4) is 0 Å². The molecule has 1 fully saturated rings. The van der Waals surface area contributed by atoms with Gasteiger partial charge in [-0.2, -0.15) is 0 Å². The number of amides is 2. The van der Waals surface area contributed by atoms with Crippen molar-refractivity contribution in [1.29, 1.82) is 0 Å². The maximum atomic E-state index is 12.5. The van der Waals surface area contributed by atoms with Crippen LogP contribution in [0.2, 0.25) is 0 Å². The second kappa shape index (κ2) is 6.73. The first-order valence-electron chi connectivity index (χ1n) is 7.98. The van der Waals surface area contributed by atoms with Gasteiger partial charge in [0.1, 0.15) is 0 Å². The molecule has 2 aliphatic rings. The molecule has 0 aliphatic carbocycles. The Bertz CT molecular complexity index is 576. The van der Waals surface area contributed by atoms with Gasteiger partial charge in [0.05, 0.1) is 10.9 Å². The van der Waals surface area contributed by atoms with Gasteiger partial charge in [-0.1, -0.05) is 19.1 Å². The molecule has 1 N–H and O–H groups in total. The van der Waals surface area contributed by atoms with Gasteiger partial charge in [-0.15, -0.1) is 11.8 Å². The van der Waals surface area contributed by atoms with Gasteiger partial charge in [0, 0.05) is 24.4 Å². The molecule has 1 saturated heterocycles. The largest absolute Gasteiger partial charge is 0.343 e.